The molecular weight excluding hydrogens is 473 g/mol. The topological polar surface area (TPSA) is 79.9 Å². The van der Waals surface area contributed by atoms with E-state index in [1.54, 1.807) is 6.08 Å². The van der Waals surface area contributed by atoms with Crippen molar-refractivity contribution < 1.29 is 13.2 Å². The number of aryl methyl sites for hydroxylation is 1. The number of alkyl halides is 3. The fourth-order valence-corrected chi connectivity index (χ4v) is 4.18. The minimum atomic E-state index is -4.34. The first-order chi connectivity index (χ1) is 17.7. The molecule has 0 aliphatic carbocycles. The second-order valence-electron chi connectivity index (χ2n) is 9.07. The van der Waals surface area contributed by atoms with Gasteiger partial charge in [0, 0.05) is 34.7 Å². The molecule has 0 spiro atoms. The molecular formula is C30H35F3N4. The molecule has 1 unspecified atom stereocenters. The highest BCUT2D eigenvalue weighted by atomic mass is 19.4. The van der Waals surface area contributed by atoms with Crippen molar-refractivity contribution in [1.29, 1.82) is 0 Å². The standard InChI is InChI=1S/C24H18F3N.C6H17N3/c1-3-21-23(17-8-11-19(12-9-17)24(25,26)27)20-13-10-18(14-22(20)28-21)16-6-4-15(2)5-7-16;1-9-5-6(8)3-2-4-7/h3-14,28H,1H2,2H3;6,9H,2-5,7-8H2,1H3. The summed E-state index contributed by atoms with van der Waals surface area (Å²) in [7, 11) is 1.91. The summed E-state index contributed by atoms with van der Waals surface area (Å²) in [6.07, 6.45) is -0.596. The van der Waals surface area contributed by atoms with E-state index < -0.39 is 11.7 Å². The molecule has 4 aromatic rings. The maximum atomic E-state index is 12.9. The van der Waals surface area contributed by atoms with E-state index in [1.807, 2.05) is 26.1 Å². The van der Waals surface area contributed by atoms with Crippen LogP contribution in [0.1, 0.15) is 29.7 Å². The van der Waals surface area contributed by atoms with Crippen molar-refractivity contribution in [2.75, 3.05) is 20.1 Å². The van der Waals surface area contributed by atoms with Crippen LogP contribution in [0, 0.1) is 6.92 Å². The van der Waals surface area contributed by atoms with Gasteiger partial charge in [0.05, 0.1) is 5.56 Å². The van der Waals surface area contributed by atoms with Crippen molar-refractivity contribution in [1.82, 2.24) is 10.3 Å². The fraction of sp³-hybridized carbons (Fsp3) is 0.267. The number of aromatic amines is 1. The Labute approximate surface area is 216 Å². The zero-order chi connectivity index (χ0) is 27.0. The number of nitrogens with one attached hydrogen (secondary N) is 2. The van der Waals surface area contributed by atoms with Crippen LogP contribution in [0.2, 0.25) is 0 Å². The van der Waals surface area contributed by atoms with Crippen LogP contribution in [0.5, 0.6) is 0 Å². The molecule has 0 aliphatic rings. The first kappa shape index (κ1) is 28.2. The number of aromatic nitrogens is 1. The van der Waals surface area contributed by atoms with Gasteiger partial charge in [0.25, 0.3) is 0 Å². The predicted molar refractivity (Wildman–Crippen MR) is 149 cm³/mol. The third kappa shape index (κ3) is 7.32. The second kappa shape index (κ2) is 12.7. The van der Waals surface area contributed by atoms with Gasteiger partial charge in [-0.2, -0.15) is 13.2 Å². The molecule has 1 heterocycles. The van der Waals surface area contributed by atoms with E-state index in [-0.39, 0.29) is 6.04 Å². The van der Waals surface area contributed by atoms with Gasteiger partial charge < -0.3 is 21.8 Å². The van der Waals surface area contributed by atoms with Gasteiger partial charge in [-0.1, -0.05) is 60.7 Å². The third-order valence-corrected chi connectivity index (χ3v) is 6.16. The van der Waals surface area contributed by atoms with E-state index in [0.29, 0.717) is 0 Å². The van der Waals surface area contributed by atoms with Gasteiger partial charge in [-0.25, -0.2) is 0 Å². The lowest BCUT2D eigenvalue weighted by atomic mass is 9.98. The SMILES string of the molecule is C=Cc1[nH]c2cc(-c3ccc(C)cc3)ccc2c1-c1ccc(C(F)(F)F)cc1.CNCC(N)CCCN. The number of benzene rings is 3. The summed E-state index contributed by atoms with van der Waals surface area (Å²) in [5, 5.41) is 3.96. The van der Waals surface area contributed by atoms with E-state index >= 15 is 0 Å². The van der Waals surface area contributed by atoms with Gasteiger partial charge >= 0.3 is 6.18 Å². The van der Waals surface area contributed by atoms with E-state index in [2.05, 4.69) is 47.2 Å². The molecule has 196 valence electrons. The van der Waals surface area contributed by atoms with Crippen LogP contribution in [0.15, 0.2) is 73.3 Å². The zero-order valence-electron chi connectivity index (χ0n) is 21.3. The number of nitrogens with two attached hydrogens (primary N) is 2. The van der Waals surface area contributed by atoms with Crippen LogP contribution in [0.25, 0.3) is 39.2 Å². The first-order valence-corrected chi connectivity index (χ1v) is 12.3. The summed E-state index contributed by atoms with van der Waals surface area (Å²) in [5.41, 5.74) is 17.0. The Morgan fingerprint density at radius 1 is 0.973 bits per heavy atom. The highest BCUT2D eigenvalue weighted by Gasteiger charge is 2.30. The van der Waals surface area contributed by atoms with Crippen molar-refractivity contribution in [2.45, 2.75) is 32.0 Å². The van der Waals surface area contributed by atoms with Crippen molar-refractivity contribution in [3.63, 3.8) is 0 Å². The number of fused-ring (bicyclic) bond motifs is 1. The monoisotopic (exact) mass is 508 g/mol. The molecule has 0 bridgehead atoms. The summed E-state index contributed by atoms with van der Waals surface area (Å²) in [4.78, 5) is 3.34. The molecule has 1 atom stereocenters. The third-order valence-electron chi connectivity index (χ3n) is 6.16. The molecule has 0 aliphatic heterocycles. The van der Waals surface area contributed by atoms with Gasteiger partial charge in [0.15, 0.2) is 0 Å². The molecule has 4 nitrogen and oxygen atoms in total. The Balaban J connectivity index is 0.000000364. The normalized spacial score (nSPS) is 12.2. The number of halogens is 3. The molecule has 6 N–H and O–H groups in total. The van der Waals surface area contributed by atoms with E-state index in [0.717, 1.165) is 76.9 Å². The molecule has 0 saturated heterocycles. The molecule has 4 rings (SSSR count). The van der Waals surface area contributed by atoms with Crippen LogP contribution < -0.4 is 16.8 Å². The summed E-state index contributed by atoms with van der Waals surface area (Å²) in [5.74, 6) is 0. The lowest BCUT2D eigenvalue weighted by Gasteiger charge is -2.08. The molecule has 1 aromatic heterocycles. The van der Waals surface area contributed by atoms with E-state index in [1.165, 1.54) is 17.7 Å². The van der Waals surface area contributed by atoms with Gasteiger partial charge in [-0.15, -0.1) is 0 Å². The second-order valence-corrected chi connectivity index (χ2v) is 9.07. The molecule has 0 amide bonds. The molecule has 3 aromatic carbocycles. The van der Waals surface area contributed by atoms with E-state index in [4.69, 9.17) is 11.5 Å². The van der Waals surface area contributed by atoms with E-state index in [9.17, 15) is 13.2 Å². The number of hydrogen-bond donors (Lipinski definition) is 4. The molecule has 0 radical (unpaired) electrons. The fourth-order valence-electron chi connectivity index (χ4n) is 4.18. The van der Waals surface area contributed by atoms with Crippen LogP contribution in [-0.4, -0.2) is 31.2 Å². The van der Waals surface area contributed by atoms with Crippen molar-refractivity contribution in [3.8, 4) is 22.3 Å². The minimum Gasteiger partial charge on any atom is -0.354 e. The smallest absolute Gasteiger partial charge is 0.354 e. The lowest BCUT2D eigenvalue weighted by molar-refractivity contribution is -0.137. The highest BCUT2D eigenvalue weighted by Crippen LogP contribution is 2.37. The number of hydrogen-bond acceptors (Lipinski definition) is 3. The Kier molecular flexibility index (Phi) is 9.69. The average Bonchev–Trinajstić information content (AvgIpc) is 3.26. The molecule has 37 heavy (non-hydrogen) atoms. The Morgan fingerprint density at radius 3 is 2.16 bits per heavy atom. The number of H-pyrrole nitrogens is 1. The average molecular weight is 509 g/mol. The maximum Gasteiger partial charge on any atom is 0.416 e. The van der Waals surface area contributed by atoms with Crippen LogP contribution in [-0.2, 0) is 6.18 Å². The summed E-state index contributed by atoms with van der Waals surface area (Å²) >= 11 is 0. The zero-order valence-corrected chi connectivity index (χ0v) is 21.3. The lowest BCUT2D eigenvalue weighted by Crippen LogP contribution is -2.32. The first-order valence-electron chi connectivity index (χ1n) is 12.3. The highest BCUT2D eigenvalue weighted by molar-refractivity contribution is 6.01. The molecule has 0 fully saturated rings. The van der Waals surface area contributed by atoms with Crippen molar-refractivity contribution in [3.05, 3.63) is 90.1 Å². The Bertz CT molecular complexity index is 1290. The largest absolute Gasteiger partial charge is 0.416 e. The quantitative estimate of drug-likeness (QED) is 0.213. The van der Waals surface area contributed by atoms with Gasteiger partial charge in [-0.3, -0.25) is 0 Å². The summed E-state index contributed by atoms with van der Waals surface area (Å²) < 4.78 is 38.6. The van der Waals surface area contributed by atoms with Crippen LogP contribution >= 0.6 is 0 Å². The van der Waals surface area contributed by atoms with Gasteiger partial charge in [0.2, 0.25) is 0 Å². The summed E-state index contributed by atoms with van der Waals surface area (Å²) in [6, 6.07) is 19.9. The van der Waals surface area contributed by atoms with Crippen LogP contribution in [0.3, 0.4) is 0 Å². The Hall–Kier alpha value is -3.39. The van der Waals surface area contributed by atoms with Crippen molar-refractivity contribution in [2.24, 2.45) is 11.5 Å². The molecule has 7 heteroatoms. The van der Waals surface area contributed by atoms with Crippen LogP contribution in [0.4, 0.5) is 13.2 Å². The number of rotatable bonds is 8. The van der Waals surface area contributed by atoms with Crippen molar-refractivity contribution >= 4 is 17.0 Å². The predicted octanol–water partition coefficient (Wildman–Crippen LogP) is 6.74. The minimum absolute atomic E-state index is 0.276. The van der Waals surface area contributed by atoms with Gasteiger partial charge in [-0.05, 0) is 74.3 Å². The number of likely N-dealkylation sites (N-methyl/N-ethyl adjacent to an activating group) is 1. The summed E-state index contributed by atoms with van der Waals surface area (Å²) in [6.45, 7) is 7.53. The Morgan fingerprint density at radius 2 is 1.59 bits per heavy atom. The molecule has 0 saturated carbocycles. The van der Waals surface area contributed by atoms with Gasteiger partial charge in [0.1, 0.15) is 0 Å². The maximum absolute atomic E-state index is 12.9.